The highest BCUT2D eigenvalue weighted by Crippen LogP contribution is 2.00. The number of nitrogens with zero attached hydrogens (tertiary/aromatic N) is 2. The lowest BCUT2D eigenvalue weighted by atomic mass is 9.86. The molecule has 1 aromatic heterocycles. The van der Waals surface area contributed by atoms with Gasteiger partial charge in [0.05, 0.1) is 18.7 Å². The second-order valence-electron chi connectivity index (χ2n) is 2.96. The van der Waals surface area contributed by atoms with Crippen LogP contribution < -0.4 is 10.9 Å². The summed E-state index contributed by atoms with van der Waals surface area (Å²) in [4.78, 5) is 10.7. The molecular weight excluding hydrogens is 201 g/mol. The third-order valence-electron chi connectivity index (χ3n) is 1.69. The molecule has 0 aromatic carbocycles. The van der Waals surface area contributed by atoms with Crippen molar-refractivity contribution in [2.45, 2.75) is 13.5 Å². The first kappa shape index (κ1) is 11.7. The highest BCUT2D eigenvalue weighted by atomic mass is 16.4. The highest BCUT2D eigenvalue weighted by molar-refractivity contribution is 6.57. The van der Waals surface area contributed by atoms with Crippen molar-refractivity contribution >= 4 is 24.4 Å². The summed E-state index contributed by atoms with van der Waals surface area (Å²) in [6, 6.07) is 1.34. The Labute approximate surface area is 86.5 Å². The summed E-state index contributed by atoms with van der Waals surface area (Å²) in [6.07, 6.45) is 0. The zero-order valence-electron chi connectivity index (χ0n) is 8.21. The van der Waals surface area contributed by atoms with E-state index in [-0.39, 0.29) is 30.5 Å². The normalized spacial score (nSPS) is 10.1. The largest absolute Gasteiger partial charge is 0.507 e. The molecule has 0 radical (unpaired) electrons. The van der Waals surface area contributed by atoms with Crippen LogP contribution in [0.2, 0.25) is 0 Å². The van der Waals surface area contributed by atoms with Gasteiger partial charge in [0.15, 0.2) is 5.82 Å². The van der Waals surface area contributed by atoms with Gasteiger partial charge in [-0.15, -0.1) is 0 Å². The maximum absolute atomic E-state index is 10.7. The molecule has 0 aliphatic heterocycles. The van der Waals surface area contributed by atoms with Gasteiger partial charge in [-0.2, -0.15) is 5.10 Å². The molecule has 7 nitrogen and oxygen atoms in total. The van der Waals surface area contributed by atoms with Gasteiger partial charge in [0, 0.05) is 13.0 Å². The second kappa shape index (κ2) is 4.92. The molecule has 1 rings (SSSR count). The lowest BCUT2D eigenvalue weighted by molar-refractivity contribution is -0.114. The van der Waals surface area contributed by atoms with Crippen molar-refractivity contribution in [1.29, 1.82) is 0 Å². The van der Waals surface area contributed by atoms with Gasteiger partial charge in [-0.1, -0.05) is 0 Å². The zero-order valence-corrected chi connectivity index (χ0v) is 8.21. The summed E-state index contributed by atoms with van der Waals surface area (Å²) in [7, 11) is -1.69. The fourth-order valence-electron chi connectivity index (χ4n) is 1.15. The Balaban J connectivity index is 2.92. The number of hydrogen-bond acceptors (Lipinski definition) is 5. The molecule has 82 valence electrons. The van der Waals surface area contributed by atoms with Crippen molar-refractivity contribution in [1.82, 2.24) is 9.78 Å². The minimum absolute atomic E-state index is 0.118. The van der Waals surface area contributed by atoms with E-state index in [1.165, 1.54) is 17.7 Å². The Kier molecular flexibility index (Phi) is 3.84. The maximum Gasteiger partial charge on any atom is 0.507 e. The molecule has 1 aromatic rings. The van der Waals surface area contributed by atoms with Crippen LogP contribution >= 0.6 is 0 Å². The summed E-state index contributed by atoms with van der Waals surface area (Å²) in [5, 5.41) is 32.9. The van der Waals surface area contributed by atoms with Crippen molar-refractivity contribution in [2.24, 2.45) is 0 Å². The van der Waals surface area contributed by atoms with E-state index in [0.29, 0.717) is 0 Å². The van der Waals surface area contributed by atoms with Crippen molar-refractivity contribution in [3.05, 3.63) is 6.07 Å². The topological polar surface area (TPSA) is 108 Å². The molecule has 0 atom stereocenters. The van der Waals surface area contributed by atoms with E-state index < -0.39 is 7.12 Å². The minimum atomic E-state index is -1.69. The Morgan fingerprint density at radius 1 is 1.67 bits per heavy atom. The van der Waals surface area contributed by atoms with Crippen LogP contribution in [0.15, 0.2) is 6.07 Å². The number of amides is 1. The Morgan fingerprint density at radius 2 is 2.33 bits per heavy atom. The SMILES string of the molecule is CC(=O)Nc1cc(B(O)O)n(CCO)n1. The third-order valence-corrected chi connectivity index (χ3v) is 1.69. The predicted octanol–water partition coefficient (Wildman–Crippen LogP) is -2.49. The van der Waals surface area contributed by atoms with Crippen molar-refractivity contribution in [3.63, 3.8) is 0 Å². The monoisotopic (exact) mass is 213 g/mol. The van der Waals surface area contributed by atoms with Gasteiger partial charge in [0.1, 0.15) is 0 Å². The summed E-state index contributed by atoms with van der Waals surface area (Å²) in [5.41, 5.74) is 0.118. The number of aliphatic hydroxyl groups excluding tert-OH is 1. The second-order valence-corrected chi connectivity index (χ2v) is 2.96. The first-order chi connectivity index (χ1) is 7.04. The molecule has 0 saturated heterocycles. The number of rotatable bonds is 4. The van der Waals surface area contributed by atoms with Gasteiger partial charge in [0.2, 0.25) is 5.91 Å². The van der Waals surface area contributed by atoms with Crippen LogP contribution in [-0.4, -0.2) is 44.6 Å². The molecule has 0 aliphatic carbocycles. The van der Waals surface area contributed by atoms with E-state index in [1.807, 2.05) is 0 Å². The minimum Gasteiger partial charge on any atom is -0.422 e. The molecule has 1 heterocycles. The van der Waals surface area contributed by atoms with Gasteiger partial charge in [-0.05, 0) is 0 Å². The van der Waals surface area contributed by atoms with Crippen molar-refractivity contribution in [3.8, 4) is 0 Å². The van der Waals surface area contributed by atoms with Crippen molar-refractivity contribution in [2.75, 3.05) is 11.9 Å². The number of carbonyl (C=O) groups excluding carboxylic acids is 1. The Hall–Kier alpha value is -1.38. The van der Waals surface area contributed by atoms with Crippen LogP contribution in [0.1, 0.15) is 6.92 Å². The van der Waals surface area contributed by atoms with Gasteiger partial charge in [-0.25, -0.2) is 0 Å². The fraction of sp³-hybridized carbons (Fsp3) is 0.429. The summed E-state index contributed by atoms with van der Waals surface area (Å²) in [6.45, 7) is 1.27. The quantitative estimate of drug-likeness (QED) is 0.414. The van der Waals surface area contributed by atoms with Crippen LogP contribution in [0.25, 0.3) is 0 Å². The smallest absolute Gasteiger partial charge is 0.422 e. The molecular formula is C7H12BN3O4. The molecule has 0 unspecified atom stereocenters. The zero-order chi connectivity index (χ0) is 11.4. The molecule has 0 aliphatic rings. The standard InChI is InChI=1S/C7H12BN3O4/c1-5(13)9-7-4-6(8(14)15)11(10-7)2-3-12/h4,12,14-15H,2-3H2,1H3,(H,9,10,13). The molecule has 0 spiro atoms. The molecule has 0 bridgehead atoms. The molecule has 0 fully saturated rings. The van der Waals surface area contributed by atoms with Crippen LogP contribution in [0.3, 0.4) is 0 Å². The van der Waals surface area contributed by atoms with Crippen LogP contribution in [-0.2, 0) is 11.3 Å². The van der Waals surface area contributed by atoms with Gasteiger partial charge in [-0.3, -0.25) is 9.48 Å². The third kappa shape index (κ3) is 3.05. The van der Waals surface area contributed by atoms with Crippen LogP contribution in [0, 0.1) is 0 Å². The average Bonchev–Trinajstić information content (AvgIpc) is 2.47. The van der Waals surface area contributed by atoms with Gasteiger partial charge in [0.25, 0.3) is 0 Å². The van der Waals surface area contributed by atoms with E-state index >= 15 is 0 Å². The molecule has 8 heteroatoms. The summed E-state index contributed by atoms with van der Waals surface area (Å²) >= 11 is 0. The number of carbonyl (C=O) groups is 1. The highest BCUT2D eigenvalue weighted by Gasteiger charge is 2.19. The van der Waals surface area contributed by atoms with Gasteiger partial charge < -0.3 is 20.5 Å². The Bertz CT molecular complexity index is 352. The van der Waals surface area contributed by atoms with Crippen molar-refractivity contribution < 1.29 is 19.9 Å². The lowest BCUT2D eigenvalue weighted by Gasteiger charge is -2.02. The van der Waals surface area contributed by atoms with Crippen LogP contribution in [0.5, 0.6) is 0 Å². The molecule has 1 amide bonds. The molecule has 4 N–H and O–H groups in total. The van der Waals surface area contributed by atoms with E-state index in [9.17, 15) is 4.79 Å². The first-order valence-electron chi connectivity index (χ1n) is 4.37. The van der Waals surface area contributed by atoms with E-state index in [4.69, 9.17) is 15.2 Å². The predicted molar refractivity (Wildman–Crippen MR) is 53.4 cm³/mol. The fourth-order valence-corrected chi connectivity index (χ4v) is 1.15. The Morgan fingerprint density at radius 3 is 2.80 bits per heavy atom. The molecule has 15 heavy (non-hydrogen) atoms. The van der Waals surface area contributed by atoms with E-state index in [2.05, 4.69) is 10.4 Å². The number of hydrogen-bond donors (Lipinski definition) is 4. The number of nitrogens with one attached hydrogen (secondary N) is 1. The number of aliphatic hydroxyl groups is 1. The lowest BCUT2D eigenvalue weighted by Crippen LogP contribution is -2.37. The summed E-state index contributed by atoms with van der Waals surface area (Å²) < 4.78 is 1.22. The number of anilines is 1. The van der Waals surface area contributed by atoms with E-state index in [1.54, 1.807) is 0 Å². The molecule has 0 saturated carbocycles. The van der Waals surface area contributed by atoms with E-state index in [0.717, 1.165) is 0 Å². The first-order valence-corrected chi connectivity index (χ1v) is 4.37. The summed E-state index contributed by atoms with van der Waals surface area (Å²) in [5.74, 6) is -0.0818. The van der Waals surface area contributed by atoms with Gasteiger partial charge >= 0.3 is 7.12 Å². The average molecular weight is 213 g/mol. The van der Waals surface area contributed by atoms with Crippen LogP contribution in [0.4, 0.5) is 5.82 Å². The number of aromatic nitrogens is 2. The maximum atomic E-state index is 10.7.